The van der Waals surface area contributed by atoms with Gasteiger partial charge in [0.2, 0.25) is 5.91 Å². The summed E-state index contributed by atoms with van der Waals surface area (Å²) in [6, 6.07) is 7.41. The molecule has 0 saturated heterocycles. The van der Waals surface area contributed by atoms with E-state index >= 15 is 0 Å². The zero-order chi connectivity index (χ0) is 14.5. The fraction of sp³-hybridized carbons (Fsp3) is 0.308. The summed E-state index contributed by atoms with van der Waals surface area (Å²) in [5.74, 6) is 0.301. The summed E-state index contributed by atoms with van der Waals surface area (Å²) >= 11 is 8.83. The molecule has 0 saturated carbocycles. The lowest BCUT2D eigenvalue weighted by molar-refractivity contribution is -0.119. The normalized spacial score (nSPS) is 12.2. The molecule has 7 heteroatoms. The van der Waals surface area contributed by atoms with Gasteiger partial charge in [0.15, 0.2) is 4.34 Å². The number of hydrogen-bond donors (Lipinski definition) is 1. The molecule has 0 aliphatic carbocycles. The second kappa shape index (κ2) is 7.06. The number of nitrogens with zero attached hydrogens (tertiary/aromatic N) is 2. The Morgan fingerprint density at radius 1 is 1.50 bits per heavy atom. The van der Waals surface area contributed by atoms with Crippen LogP contribution in [0.2, 0.25) is 5.02 Å². The minimum absolute atomic E-state index is 0.0321. The van der Waals surface area contributed by atoms with E-state index in [0.717, 1.165) is 14.9 Å². The quantitative estimate of drug-likeness (QED) is 0.854. The van der Waals surface area contributed by atoms with Crippen molar-refractivity contribution in [2.45, 2.75) is 24.2 Å². The molecule has 1 atom stereocenters. The Bertz CT molecular complexity index is 603. The van der Waals surface area contributed by atoms with Crippen LogP contribution in [0.25, 0.3) is 0 Å². The summed E-state index contributed by atoms with van der Waals surface area (Å²) in [5, 5.41) is 12.4. The smallest absolute Gasteiger partial charge is 0.230 e. The van der Waals surface area contributed by atoms with E-state index in [9.17, 15) is 4.79 Å². The van der Waals surface area contributed by atoms with Gasteiger partial charge in [-0.25, -0.2) is 0 Å². The van der Waals surface area contributed by atoms with Crippen molar-refractivity contribution in [3.05, 3.63) is 39.9 Å². The Morgan fingerprint density at radius 2 is 2.30 bits per heavy atom. The lowest BCUT2D eigenvalue weighted by atomic mass is 10.1. The summed E-state index contributed by atoms with van der Waals surface area (Å²) in [5.41, 5.74) is 0.989. The van der Waals surface area contributed by atoms with Crippen molar-refractivity contribution in [1.29, 1.82) is 0 Å². The molecule has 0 radical (unpaired) electrons. The number of hydrogen-bond acceptors (Lipinski definition) is 5. The van der Waals surface area contributed by atoms with Gasteiger partial charge in [0.05, 0.1) is 11.8 Å². The molecule has 1 aromatic carbocycles. The molecule has 4 nitrogen and oxygen atoms in total. The van der Waals surface area contributed by atoms with Gasteiger partial charge in [-0.15, -0.1) is 10.2 Å². The number of halogens is 1. The minimum Gasteiger partial charge on any atom is -0.349 e. The van der Waals surface area contributed by atoms with Crippen molar-refractivity contribution in [1.82, 2.24) is 15.5 Å². The summed E-state index contributed by atoms with van der Waals surface area (Å²) in [6.45, 7) is 3.83. The highest BCUT2D eigenvalue weighted by molar-refractivity contribution is 8.01. The fourth-order valence-electron chi connectivity index (χ4n) is 1.61. The first kappa shape index (κ1) is 15.3. The van der Waals surface area contributed by atoms with Crippen LogP contribution in [-0.2, 0) is 4.79 Å². The number of thioether (sulfide) groups is 1. The number of carbonyl (C=O) groups excluding carboxylic acids is 1. The van der Waals surface area contributed by atoms with Crippen LogP contribution in [-0.4, -0.2) is 21.9 Å². The third-order valence-corrected chi connectivity index (χ3v) is 4.77. The molecule has 1 heterocycles. The zero-order valence-corrected chi connectivity index (χ0v) is 13.5. The molecular weight excluding hydrogens is 314 g/mol. The summed E-state index contributed by atoms with van der Waals surface area (Å²) in [7, 11) is 0. The average molecular weight is 328 g/mol. The van der Waals surface area contributed by atoms with Gasteiger partial charge < -0.3 is 5.32 Å². The molecule has 20 heavy (non-hydrogen) atoms. The molecule has 106 valence electrons. The largest absolute Gasteiger partial charge is 0.349 e. The van der Waals surface area contributed by atoms with E-state index in [0.29, 0.717) is 10.8 Å². The predicted octanol–water partition coefficient (Wildman–Crippen LogP) is 3.47. The molecule has 0 aliphatic rings. The van der Waals surface area contributed by atoms with Gasteiger partial charge in [-0.2, -0.15) is 0 Å². The van der Waals surface area contributed by atoms with E-state index in [1.165, 1.54) is 23.1 Å². The molecule has 1 N–H and O–H groups in total. The number of aromatic nitrogens is 2. The molecule has 0 unspecified atom stereocenters. The molecule has 0 bridgehead atoms. The third kappa shape index (κ3) is 4.47. The zero-order valence-electron chi connectivity index (χ0n) is 11.1. The number of aryl methyl sites for hydroxylation is 1. The Balaban J connectivity index is 1.85. The first-order valence-corrected chi connectivity index (χ1v) is 8.20. The van der Waals surface area contributed by atoms with Gasteiger partial charge in [0.25, 0.3) is 0 Å². The molecule has 0 aliphatic heterocycles. The third-order valence-electron chi connectivity index (χ3n) is 2.56. The van der Waals surface area contributed by atoms with E-state index in [-0.39, 0.29) is 11.9 Å². The van der Waals surface area contributed by atoms with Gasteiger partial charge in [-0.3, -0.25) is 4.79 Å². The van der Waals surface area contributed by atoms with Crippen LogP contribution in [0.4, 0.5) is 0 Å². The monoisotopic (exact) mass is 327 g/mol. The van der Waals surface area contributed by atoms with Crippen molar-refractivity contribution >= 4 is 40.6 Å². The lowest BCUT2D eigenvalue weighted by Gasteiger charge is -2.14. The molecule has 0 spiro atoms. The number of amides is 1. The predicted molar refractivity (Wildman–Crippen MR) is 83.4 cm³/mol. The molecule has 1 amide bonds. The Kier molecular flexibility index (Phi) is 5.39. The van der Waals surface area contributed by atoms with Crippen molar-refractivity contribution in [2.75, 3.05) is 5.75 Å². The SMILES string of the molecule is Cc1nnc(SCC(=O)N[C@H](C)c2cccc(Cl)c2)s1. The maximum Gasteiger partial charge on any atom is 0.230 e. The molecule has 0 fully saturated rings. The Labute approximate surface area is 130 Å². The average Bonchev–Trinajstić information content (AvgIpc) is 2.82. The molecular formula is C13H14ClN3OS2. The van der Waals surface area contributed by atoms with Crippen LogP contribution >= 0.6 is 34.7 Å². The molecule has 2 aromatic rings. The van der Waals surface area contributed by atoms with Crippen LogP contribution in [0.15, 0.2) is 28.6 Å². The maximum atomic E-state index is 11.9. The minimum atomic E-state index is -0.0713. The van der Waals surface area contributed by atoms with Gasteiger partial charge >= 0.3 is 0 Å². The van der Waals surface area contributed by atoms with E-state index in [1.807, 2.05) is 38.1 Å². The van der Waals surface area contributed by atoms with E-state index < -0.39 is 0 Å². The number of benzene rings is 1. The van der Waals surface area contributed by atoms with Gasteiger partial charge in [-0.05, 0) is 31.5 Å². The van der Waals surface area contributed by atoms with E-state index in [1.54, 1.807) is 0 Å². The van der Waals surface area contributed by atoms with Crippen LogP contribution in [0.1, 0.15) is 23.5 Å². The van der Waals surface area contributed by atoms with Gasteiger partial charge in [-0.1, -0.05) is 46.8 Å². The van der Waals surface area contributed by atoms with Crippen LogP contribution in [0.5, 0.6) is 0 Å². The second-order valence-corrected chi connectivity index (χ2v) is 7.06. The van der Waals surface area contributed by atoms with Gasteiger partial charge in [0, 0.05) is 5.02 Å². The summed E-state index contributed by atoms with van der Waals surface area (Å²) in [4.78, 5) is 11.9. The molecule has 2 rings (SSSR count). The summed E-state index contributed by atoms with van der Waals surface area (Å²) in [6.07, 6.45) is 0. The van der Waals surface area contributed by atoms with Crippen molar-refractivity contribution in [3.63, 3.8) is 0 Å². The van der Waals surface area contributed by atoms with Crippen molar-refractivity contribution in [2.24, 2.45) is 0 Å². The maximum absolute atomic E-state index is 11.9. The van der Waals surface area contributed by atoms with Crippen LogP contribution in [0, 0.1) is 6.92 Å². The van der Waals surface area contributed by atoms with Crippen molar-refractivity contribution in [3.8, 4) is 0 Å². The van der Waals surface area contributed by atoms with E-state index in [2.05, 4.69) is 15.5 Å². The van der Waals surface area contributed by atoms with Crippen molar-refractivity contribution < 1.29 is 4.79 Å². The first-order chi connectivity index (χ1) is 9.54. The number of nitrogens with one attached hydrogen (secondary N) is 1. The highest BCUT2D eigenvalue weighted by atomic mass is 35.5. The highest BCUT2D eigenvalue weighted by Crippen LogP contribution is 2.22. The Hall–Kier alpha value is -1.11. The summed E-state index contributed by atoms with van der Waals surface area (Å²) < 4.78 is 0.813. The number of carbonyl (C=O) groups is 1. The molecule has 1 aromatic heterocycles. The highest BCUT2D eigenvalue weighted by Gasteiger charge is 2.11. The topological polar surface area (TPSA) is 54.9 Å². The second-order valence-electron chi connectivity index (χ2n) is 4.22. The standard InChI is InChI=1S/C13H14ClN3OS2/c1-8(10-4-3-5-11(14)6-10)15-12(18)7-19-13-17-16-9(2)20-13/h3-6,8H,7H2,1-2H3,(H,15,18)/t8-/m1/s1. The van der Waals surface area contributed by atoms with Crippen LogP contribution in [0.3, 0.4) is 0 Å². The number of rotatable bonds is 5. The van der Waals surface area contributed by atoms with Crippen LogP contribution < -0.4 is 5.32 Å². The lowest BCUT2D eigenvalue weighted by Crippen LogP contribution is -2.28. The first-order valence-electron chi connectivity index (χ1n) is 6.02. The van der Waals surface area contributed by atoms with Gasteiger partial charge in [0.1, 0.15) is 5.01 Å². The van der Waals surface area contributed by atoms with E-state index in [4.69, 9.17) is 11.6 Å². The Morgan fingerprint density at radius 3 is 2.95 bits per heavy atom. The fourth-order valence-corrected chi connectivity index (χ4v) is 3.43.